The number of carbonyl (C=O) groups is 2. The summed E-state index contributed by atoms with van der Waals surface area (Å²) in [5, 5.41) is 22.1. The Hall–Kier alpha value is -1.58. The fourth-order valence-electron chi connectivity index (χ4n) is 16.1. The maximum Gasteiger partial charge on any atom is 0.303 e. The molecule has 7 saturated heterocycles. The molecule has 21 heteroatoms. The van der Waals surface area contributed by atoms with Crippen molar-refractivity contribution >= 4 is 11.8 Å². The van der Waals surface area contributed by atoms with Crippen LogP contribution in [0.5, 0.6) is 0 Å². The number of hydrogen-bond acceptors (Lipinski definition) is 21. The van der Waals surface area contributed by atoms with Gasteiger partial charge in [-0.1, -0.05) is 6.92 Å². The van der Waals surface area contributed by atoms with Crippen LogP contribution in [0, 0.1) is 28.6 Å². The topological polar surface area (TPSA) is 232 Å². The lowest BCUT2D eigenvalue weighted by atomic mass is 9.52. The molecule has 0 amide bonds. The molecular weight excluding hydrogens is 1020 g/mol. The van der Waals surface area contributed by atoms with E-state index in [-0.39, 0.29) is 60.0 Å². The number of methoxy groups -OCH3 is 4. The molecule has 0 radical (unpaired) electrons. The molecule has 3 aliphatic carbocycles. The number of Topliss-reactive ketones (excluding diaryl/α,β-unsaturated/α-hetero) is 1. The van der Waals surface area contributed by atoms with E-state index in [2.05, 4.69) is 13.8 Å². The van der Waals surface area contributed by atoms with E-state index in [1.165, 1.54) is 6.92 Å². The van der Waals surface area contributed by atoms with Gasteiger partial charge in [0, 0.05) is 85.7 Å². The van der Waals surface area contributed by atoms with Crippen molar-refractivity contribution < 1.29 is 100 Å². The van der Waals surface area contributed by atoms with Crippen molar-refractivity contribution in [1.29, 1.82) is 0 Å². The molecule has 10 fully saturated rings. The summed E-state index contributed by atoms with van der Waals surface area (Å²) in [4.78, 5) is 26.0. The van der Waals surface area contributed by atoms with Crippen LogP contribution in [0.4, 0.5) is 0 Å². The number of rotatable bonds is 15. The van der Waals surface area contributed by atoms with E-state index in [9.17, 15) is 19.8 Å². The molecule has 10 aliphatic rings. The largest absolute Gasteiger partial charge is 0.455 e. The van der Waals surface area contributed by atoms with Crippen molar-refractivity contribution in [3.8, 4) is 0 Å². The van der Waals surface area contributed by atoms with Gasteiger partial charge in [-0.2, -0.15) is 0 Å². The number of aliphatic hydroxyl groups excluding tert-OH is 2. The van der Waals surface area contributed by atoms with Crippen molar-refractivity contribution in [3.63, 3.8) is 0 Å². The Morgan fingerprint density at radius 3 is 1.53 bits per heavy atom. The van der Waals surface area contributed by atoms with E-state index in [1.54, 1.807) is 35.4 Å². The number of aliphatic hydroxyl groups is 2. The van der Waals surface area contributed by atoms with Gasteiger partial charge in [0.05, 0.1) is 84.8 Å². The Balaban J connectivity index is 0.682. The van der Waals surface area contributed by atoms with Crippen molar-refractivity contribution in [2.45, 2.75) is 293 Å². The Labute approximate surface area is 460 Å². The molecule has 78 heavy (non-hydrogen) atoms. The number of carbonyl (C=O) groups excluding carboxylic acids is 2. The molecule has 21 nitrogen and oxygen atoms in total. The second-order valence-electron chi connectivity index (χ2n) is 25.0. The Morgan fingerprint density at radius 1 is 0.538 bits per heavy atom. The van der Waals surface area contributed by atoms with Crippen LogP contribution in [0.25, 0.3) is 0 Å². The predicted molar refractivity (Wildman–Crippen MR) is 272 cm³/mol. The van der Waals surface area contributed by atoms with E-state index < -0.39 is 134 Å². The Kier molecular flexibility index (Phi) is 18.2. The van der Waals surface area contributed by atoms with E-state index >= 15 is 0 Å². The summed E-state index contributed by atoms with van der Waals surface area (Å²) in [5.41, 5.74) is -0.868. The third-order valence-electron chi connectivity index (χ3n) is 20.4. The van der Waals surface area contributed by atoms with Crippen molar-refractivity contribution in [2.75, 3.05) is 28.4 Å². The van der Waals surface area contributed by atoms with Crippen molar-refractivity contribution in [1.82, 2.24) is 0 Å². The normalized spacial score (nSPS) is 53.4. The summed E-state index contributed by atoms with van der Waals surface area (Å²) in [7, 11) is 6.50. The van der Waals surface area contributed by atoms with Crippen LogP contribution >= 0.6 is 0 Å². The maximum absolute atomic E-state index is 14.0. The lowest BCUT2D eigenvalue weighted by molar-refractivity contribution is -0.351. The van der Waals surface area contributed by atoms with Crippen LogP contribution in [0.2, 0.25) is 0 Å². The van der Waals surface area contributed by atoms with Crippen molar-refractivity contribution in [3.05, 3.63) is 0 Å². The predicted octanol–water partition coefficient (Wildman–Crippen LogP) is 5.02. The van der Waals surface area contributed by atoms with Gasteiger partial charge in [0.1, 0.15) is 30.5 Å². The zero-order chi connectivity index (χ0) is 55.7. The summed E-state index contributed by atoms with van der Waals surface area (Å²) < 4.78 is 108. The first-order valence-corrected chi connectivity index (χ1v) is 29.2. The number of hydrogen-bond donors (Lipinski definition) is 2. The van der Waals surface area contributed by atoms with Crippen LogP contribution in [-0.4, -0.2) is 204 Å². The van der Waals surface area contributed by atoms with Gasteiger partial charge >= 0.3 is 5.97 Å². The molecule has 0 aromatic rings. The zero-order valence-corrected chi connectivity index (χ0v) is 48.2. The van der Waals surface area contributed by atoms with Gasteiger partial charge in [0.15, 0.2) is 49.1 Å². The highest BCUT2D eigenvalue weighted by atomic mass is 16.8. The van der Waals surface area contributed by atoms with E-state index in [0.29, 0.717) is 38.0 Å². The first kappa shape index (κ1) is 59.6. The van der Waals surface area contributed by atoms with Gasteiger partial charge in [-0.05, 0) is 98.3 Å². The smallest absolute Gasteiger partial charge is 0.303 e. The third-order valence-corrected chi connectivity index (χ3v) is 20.4. The van der Waals surface area contributed by atoms with Crippen molar-refractivity contribution in [2.24, 2.45) is 28.6 Å². The molecule has 7 aliphatic heterocycles. The summed E-state index contributed by atoms with van der Waals surface area (Å²) in [6, 6.07) is 0. The second-order valence-corrected chi connectivity index (χ2v) is 25.0. The number of fused-ring (bicyclic) bond motifs is 5. The molecule has 446 valence electrons. The highest BCUT2D eigenvalue weighted by Gasteiger charge is 2.72. The second kappa shape index (κ2) is 23.8. The average molecular weight is 1110 g/mol. The average Bonchev–Trinajstić information content (AvgIpc) is 4.13. The van der Waals surface area contributed by atoms with Gasteiger partial charge in [-0.3, -0.25) is 9.59 Å². The molecule has 2 bridgehead atoms. The number of ether oxygens (including phenoxy) is 17. The summed E-state index contributed by atoms with van der Waals surface area (Å²) >= 11 is 0. The molecule has 3 saturated carbocycles. The standard InChI is InChI=1S/C57H92O21/c1-26-35-19-41(71-32(7)58)54(61)56(35,9)43-25-42-55(8)16-15-34(18-33(55)14-17-57(42,77-26)78-43)72-45-22-38(63-11)51(29(4)68-45)74-44-20-36(59)50(28(3)67-44)73-47-23-39(64-12)53(30(5)69-47)76-48-24-40(65-13)52(31(6)70-48)75-46-21-37(62-10)49(60)27(2)66-46/h26-31,33-53,59-60H,14-25H2,1-13H3/t26-,27+,28+,29+,30+,31+,33-,34-,35-,36-,37-,38+,39+,40-,41-,42+,43+,44-,45-,46-,47-,48-,49+,50+,51+,52+,53+,55-,56-,57-/m0/s1. The minimum Gasteiger partial charge on any atom is -0.455 e. The minimum absolute atomic E-state index is 0.0121. The zero-order valence-electron chi connectivity index (χ0n) is 48.2. The SMILES string of the molecule is CO[C@H]1C[C@H](O[C@H]2[C@@H](OC)C[C@H](O[C@@H]3[C@@H](C)O[C@@H](O[C@H]4[C@@H](O)C[C@H](O[C@@H]5[C@@H](C)O[C@@H](O[C@H]6CC[C@@]7(C)[C@@H](CC[C@@]89O[C@@H](C)[C@@H]%10C[C@H](OC(C)=O)C(=O)[C@]%10(C)[C@@H](C[C@@H]87)O9)C6)C[C@H]5OC)O[C@@H]4C)C[C@H]3OC)O[C@@H]2C)O[C@H](C)[C@H]1O. The quantitative estimate of drug-likeness (QED) is 0.162. The monoisotopic (exact) mass is 1110 g/mol. The van der Waals surface area contributed by atoms with Crippen LogP contribution in [0.15, 0.2) is 0 Å². The maximum atomic E-state index is 14.0. The summed E-state index contributed by atoms with van der Waals surface area (Å²) in [6.45, 7) is 17.2. The fourth-order valence-corrected chi connectivity index (χ4v) is 16.1. The molecule has 0 aromatic carbocycles. The molecule has 7 heterocycles. The van der Waals surface area contributed by atoms with Gasteiger partial charge < -0.3 is 90.7 Å². The molecule has 0 unspecified atom stereocenters. The van der Waals surface area contributed by atoms with Gasteiger partial charge in [0.2, 0.25) is 0 Å². The van der Waals surface area contributed by atoms with E-state index in [0.717, 1.165) is 38.5 Å². The van der Waals surface area contributed by atoms with Crippen LogP contribution in [0.1, 0.15) is 139 Å². The molecular formula is C57H92O21. The van der Waals surface area contributed by atoms with Crippen LogP contribution in [-0.2, 0) is 90.1 Å². The van der Waals surface area contributed by atoms with Gasteiger partial charge in [0.25, 0.3) is 0 Å². The molecule has 10 rings (SSSR count). The van der Waals surface area contributed by atoms with Crippen LogP contribution in [0.3, 0.4) is 0 Å². The van der Waals surface area contributed by atoms with Gasteiger partial charge in [-0.25, -0.2) is 0 Å². The highest BCUT2D eigenvalue weighted by Crippen LogP contribution is 2.67. The number of esters is 1. The first-order chi connectivity index (χ1) is 37.1. The Bertz CT molecular complexity index is 2040. The first-order valence-electron chi connectivity index (χ1n) is 29.2. The highest BCUT2D eigenvalue weighted by molar-refractivity contribution is 5.93. The summed E-state index contributed by atoms with van der Waals surface area (Å²) in [5.74, 6) is -0.830. The lowest BCUT2D eigenvalue weighted by Crippen LogP contribution is -2.58. The molecule has 2 N–H and O–H groups in total. The van der Waals surface area contributed by atoms with E-state index in [1.807, 2.05) is 34.6 Å². The lowest BCUT2D eigenvalue weighted by Gasteiger charge is -2.57. The van der Waals surface area contributed by atoms with Gasteiger partial charge in [-0.15, -0.1) is 0 Å². The molecule has 30 atom stereocenters. The summed E-state index contributed by atoms with van der Waals surface area (Å²) in [6.07, 6.45) is -5.00. The minimum atomic E-state index is -0.929. The number of ketones is 1. The molecule has 1 spiro atoms. The fraction of sp³-hybridized carbons (Fsp3) is 0.965. The van der Waals surface area contributed by atoms with Crippen LogP contribution < -0.4 is 0 Å². The Morgan fingerprint density at radius 2 is 1.01 bits per heavy atom. The molecule has 0 aromatic heterocycles. The van der Waals surface area contributed by atoms with E-state index in [4.69, 9.17) is 80.5 Å². The third kappa shape index (κ3) is 11.3.